The van der Waals surface area contributed by atoms with E-state index in [1.54, 1.807) is 4.68 Å². The molecule has 2 heterocycles. The molecular formula is C12H20N4O. The molecule has 0 aliphatic carbocycles. The van der Waals surface area contributed by atoms with E-state index >= 15 is 0 Å². The summed E-state index contributed by atoms with van der Waals surface area (Å²) < 4.78 is 1.76. The van der Waals surface area contributed by atoms with Gasteiger partial charge in [-0.3, -0.25) is 9.48 Å². The van der Waals surface area contributed by atoms with Crippen molar-refractivity contribution in [2.75, 3.05) is 13.1 Å². The maximum Gasteiger partial charge on any atom is 0.272 e. The van der Waals surface area contributed by atoms with Crippen LogP contribution in [-0.4, -0.2) is 39.7 Å². The van der Waals surface area contributed by atoms with Crippen molar-refractivity contribution in [3.63, 3.8) is 0 Å². The summed E-state index contributed by atoms with van der Waals surface area (Å²) in [5, 5.41) is 4.30. The molecule has 1 aliphatic heterocycles. The van der Waals surface area contributed by atoms with Gasteiger partial charge in [0.05, 0.1) is 5.69 Å². The lowest BCUT2D eigenvalue weighted by Gasteiger charge is -2.16. The average molecular weight is 236 g/mol. The largest absolute Gasteiger partial charge is 0.335 e. The fraction of sp³-hybridized carbons (Fsp3) is 0.667. The van der Waals surface area contributed by atoms with Crippen molar-refractivity contribution in [1.82, 2.24) is 14.7 Å². The number of aryl methyl sites for hydroxylation is 2. The molecule has 0 bridgehead atoms. The first kappa shape index (κ1) is 12.1. The Kier molecular flexibility index (Phi) is 3.19. The fourth-order valence-electron chi connectivity index (χ4n) is 2.28. The Labute approximate surface area is 102 Å². The maximum absolute atomic E-state index is 12.3. The van der Waals surface area contributed by atoms with Crippen molar-refractivity contribution >= 4 is 5.91 Å². The number of amides is 1. The lowest BCUT2D eigenvalue weighted by molar-refractivity contribution is 0.0774. The normalized spacial score (nSPS) is 24.4. The Morgan fingerprint density at radius 3 is 2.82 bits per heavy atom. The van der Waals surface area contributed by atoms with Gasteiger partial charge in [-0.25, -0.2) is 0 Å². The molecular weight excluding hydrogens is 216 g/mol. The van der Waals surface area contributed by atoms with E-state index in [0.29, 0.717) is 24.7 Å². The SMILES string of the molecule is CCn1nc(C)cc1C(=O)N1CC(C)C(N)C1. The van der Waals surface area contributed by atoms with Gasteiger partial charge in [0.25, 0.3) is 5.91 Å². The number of hydrogen-bond acceptors (Lipinski definition) is 3. The summed E-state index contributed by atoms with van der Waals surface area (Å²) >= 11 is 0. The molecule has 1 saturated heterocycles. The van der Waals surface area contributed by atoms with Gasteiger partial charge in [0.15, 0.2) is 0 Å². The molecule has 1 amide bonds. The van der Waals surface area contributed by atoms with Crippen LogP contribution in [0, 0.1) is 12.8 Å². The van der Waals surface area contributed by atoms with E-state index in [2.05, 4.69) is 12.0 Å². The molecule has 2 unspecified atom stereocenters. The predicted molar refractivity (Wildman–Crippen MR) is 65.7 cm³/mol. The van der Waals surface area contributed by atoms with Crippen LogP contribution in [-0.2, 0) is 6.54 Å². The topological polar surface area (TPSA) is 64.2 Å². The summed E-state index contributed by atoms with van der Waals surface area (Å²) in [6.45, 7) is 8.08. The molecule has 0 saturated carbocycles. The fourth-order valence-corrected chi connectivity index (χ4v) is 2.28. The molecule has 0 spiro atoms. The van der Waals surface area contributed by atoms with Crippen LogP contribution < -0.4 is 5.73 Å². The highest BCUT2D eigenvalue weighted by molar-refractivity contribution is 5.93. The van der Waals surface area contributed by atoms with Crippen molar-refractivity contribution in [3.05, 3.63) is 17.5 Å². The lowest BCUT2D eigenvalue weighted by atomic mass is 10.1. The molecule has 17 heavy (non-hydrogen) atoms. The van der Waals surface area contributed by atoms with Gasteiger partial charge < -0.3 is 10.6 Å². The van der Waals surface area contributed by atoms with Crippen LogP contribution in [0.25, 0.3) is 0 Å². The van der Waals surface area contributed by atoms with E-state index in [0.717, 1.165) is 12.2 Å². The van der Waals surface area contributed by atoms with Crippen LogP contribution in [0.15, 0.2) is 6.07 Å². The molecule has 1 aromatic rings. The van der Waals surface area contributed by atoms with E-state index in [1.165, 1.54) is 0 Å². The van der Waals surface area contributed by atoms with Gasteiger partial charge in [-0.05, 0) is 25.8 Å². The summed E-state index contributed by atoms with van der Waals surface area (Å²) in [6, 6.07) is 1.94. The van der Waals surface area contributed by atoms with Crippen LogP contribution in [0.2, 0.25) is 0 Å². The summed E-state index contributed by atoms with van der Waals surface area (Å²) in [4.78, 5) is 14.2. The summed E-state index contributed by atoms with van der Waals surface area (Å²) in [7, 11) is 0. The van der Waals surface area contributed by atoms with Gasteiger partial charge in [-0.2, -0.15) is 5.10 Å². The third kappa shape index (κ3) is 2.20. The van der Waals surface area contributed by atoms with Crippen LogP contribution in [0.4, 0.5) is 0 Å². The molecule has 0 aromatic carbocycles. The first-order valence-electron chi connectivity index (χ1n) is 6.12. The van der Waals surface area contributed by atoms with Crippen LogP contribution in [0.1, 0.15) is 30.0 Å². The lowest BCUT2D eigenvalue weighted by Crippen LogP contribution is -2.33. The van der Waals surface area contributed by atoms with Crippen LogP contribution >= 0.6 is 0 Å². The molecule has 1 aromatic heterocycles. The molecule has 5 heteroatoms. The van der Waals surface area contributed by atoms with Crippen molar-refractivity contribution < 1.29 is 4.79 Å². The second kappa shape index (κ2) is 4.49. The number of likely N-dealkylation sites (tertiary alicyclic amines) is 1. The monoisotopic (exact) mass is 236 g/mol. The number of hydrogen-bond donors (Lipinski definition) is 1. The van der Waals surface area contributed by atoms with E-state index in [9.17, 15) is 4.79 Å². The average Bonchev–Trinajstić information content (AvgIpc) is 2.82. The summed E-state index contributed by atoms with van der Waals surface area (Å²) in [5.74, 6) is 0.422. The van der Waals surface area contributed by atoms with Gasteiger partial charge in [0.2, 0.25) is 0 Å². The molecule has 0 radical (unpaired) electrons. The van der Waals surface area contributed by atoms with Crippen LogP contribution in [0.3, 0.4) is 0 Å². The van der Waals surface area contributed by atoms with Crippen LogP contribution in [0.5, 0.6) is 0 Å². The second-order valence-electron chi connectivity index (χ2n) is 4.84. The third-order valence-electron chi connectivity index (χ3n) is 3.38. The van der Waals surface area contributed by atoms with E-state index in [1.807, 2.05) is 24.8 Å². The molecule has 2 rings (SSSR count). The zero-order chi connectivity index (χ0) is 12.6. The van der Waals surface area contributed by atoms with Gasteiger partial charge >= 0.3 is 0 Å². The minimum Gasteiger partial charge on any atom is -0.335 e. The van der Waals surface area contributed by atoms with Crippen molar-refractivity contribution in [2.24, 2.45) is 11.7 Å². The van der Waals surface area contributed by atoms with Gasteiger partial charge in [0, 0.05) is 25.7 Å². The Morgan fingerprint density at radius 1 is 1.59 bits per heavy atom. The minimum atomic E-state index is 0.0484. The molecule has 94 valence electrons. The Morgan fingerprint density at radius 2 is 2.29 bits per heavy atom. The highest BCUT2D eigenvalue weighted by atomic mass is 16.2. The minimum absolute atomic E-state index is 0.0484. The molecule has 2 N–H and O–H groups in total. The summed E-state index contributed by atoms with van der Waals surface area (Å²) in [5.41, 5.74) is 7.50. The van der Waals surface area contributed by atoms with E-state index in [4.69, 9.17) is 5.73 Å². The van der Waals surface area contributed by atoms with Crippen molar-refractivity contribution in [2.45, 2.75) is 33.4 Å². The first-order valence-corrected chi connectivity index (χ1v) is 6.12. The molecule has 2 atom stereocenters. The summed E-state index contributed by atoms with van der Waals surface area (Å²) in [6.07, 6.45) is 0. The highest BCUT2D eigenvalue weighted by Gasteiger charge is 2.31. The van der Waals surface area contributed by atoms with Crippen molar-refractivity contribution in [1.29, 1.82) is 0 Å². The van der Waals surface area contributed by atoms with E-state index in [-0.39, 0.29) is 11.9 Å². The van der Waals surface area contributed by atoms with Gasteiger partial charge in [0.1, 0.15) is 5.69 Å². The number of carbonyl (C=O) groups is 1. The third-order valence-corrected chi connectivity index (χ3v) is 3.38. The molecule has 5 nitrogen and oxygen atoms in total. The van der Waals surface area contributed by atoms with Crippen molar-refractivity contribution in [3.8, 4) is 0 Å². The van der Waals surface area contributed by atoms with E-state index < -0.39 is 0 Å². The number of aromatic nitrogens is 2. The molecule has 1 fully saturated rings. The van der Waals surface area contributed by atoms with Gasteiger partial charge in [-0.1, -0.05) is 6.92 Å². The Hall–Kier alpha value is -1.36. The first-order chi connectivity index (χ1) is 8.02. The smallest absolute Gasteiger partial charge is 0.272 e. The quantitative estimate of drug-likeness (QED) is 0.819. The predicted octanol–water partition coefficient (Wildman–Crippen LogP) is 0.631. The standard InChI is InChI=1S/C12H20N4O/c1-4-16-11(5-9(3)14-16)12(17)15-6-8(2)10(13)7-15/h5,8,10H,4,6-7,13H2,1-3H3. The highest BCUT2D eigenvalue weighted by Crippen LogP contribution is 2.17. The molecule has 1 aliphatic rings. The number of rotatable bonds is 2. The Bertz CT molecular complexity index is 416. The Balaban J connectivity index is 2.20. The number of carbonyl (C=O) groups excluding carboxylic acids is 1. The number of nitrogens with two attached hydrogens (primary N) is 1. The number of nitrogens with zero attached hydrogens (tertiary/aromatic N) is 3. The maximum atomic E-state index is 12.3. The zero-order valence-electron chi connectivity index (χ0n) is 10.7. The van der Waals surface area contributed by atoms with Gasteiger partial charge in [-0.15, -0.1) is 0 Å². The zero-order valence-corrected chi connectivity index (χ0v) is 10.7. The second-order valence-corrected chi connectivity index (χ2v) is 4.84.